The molecule has 2 rings (SSSR count). The molecule has 1 unspecified atom stereocenters. The average Bonchev–Trinajstić information content (AvgIpc) is 2.38. The third kappa shape index (κ3) is 4.36. The summed E-state index contributed by atoms with van der Waals surface area (Å²) in [5, 5.41) is 6.38. The molecular weight excluding hydrogens is 236 g/mol. The number of nitrogens with one attached hydrogen (secondary N) is 2. The second-order valence-electron chi connectivity index (χ2n) is 4.22. The van der Waals surface area contributed by atoms with Crippen molar-refractivity contribution in [3.05, 3.63) is 35.9 Å². The van der Waals surface area contributed by atoms with E-state index in [1.807, 2.05) is 30.3 Å². The van der Waals surface area contributed by atoms with Gasteiger partial charge >= 0.3 is 0 Å². The Hall–Kier alpha value is -1.06. The van der Waals surface area contributed by atoms with E-state index in [0.717, 1.165) is 25.1 Å². The lowest BCUT2D eigenvalue weighted by Crippen LogP contribution is -2.43. The van der Waals surface area contributed by atoms with Gasteiger partial charge in [0.05, 0.1) is 0 Å². The topological polar surface area (TPSA) is 41.1 Å². The number of hydrogen-bond donors (Lipinski definition) is 2. The van der Waals surface area contributed by atoms with E-state index in [1.165, 1.54) is 12.8 Å². The van der Waals surface area contributed by atoms with E-state index in [0.29, 0.717) is 6.04 Å². The van der Waals surface area contributed by atoms with Crippen LogP contribution in [0.25, 0.3) is 0 Å². The first-order chi connectivity index (χ1) is 7.86. The van der Waals surface area contributed by atoms with Crippen molar-refractivity contribution in [2.75, 3.05) is 13.1 Å². The van der Waals surface area contributed by atoms with Crippen molar-refractivity contribution in [1.82, 2.24) is 10.6 Å². The molecule has 0 aliphatic carbocycles. The van der Waals surface area contributed by atoms with Crippen molar-refractivity contribution in [1.29, 1.82) is 0 Å². The number of benzene rings is 1. The molecule has 0 spiro atoms. The van der Waals surface area contributed by atoms with Crippen LogP contribution in [0, 0.1) is 0 Å². The van der Waals surface area contributed by atoms with Gasteiger partial charge in [-0.2, -0.15) is 0 Å². The summed E-state index contributed by atoms with van der Waals surface area (Å²) in [4.78, 5) is 11.7. The van der Waals surface area contributed by atoms with E-state index in [-0.39, 0.29) is 18.3 Å². The van der Waals surface area contributed by atoms with Crippen LogP contribution in [0.3, 0.4) is 0 Å². The summed E-state index contributed by atoms with van der Waals surface area (Å²) in [6.45, 7) is 1.81. The molecular formula is C13H19ClN2O. The van der Waals surface area contributed by atoms with Gasteiger partial charge in [-0.3, -0.25) is 4.79 Å². The predicted octanol–water partition coefficient (Wildman–Crippen LogP) is 1.98. The highest BCUT2D eigenvalue weighted by Crippen LogP contribution is 2.06. The zero-order valence-electron chi connectivity index (χ0n) is 9.82. The molecule has 17 heavy (non-hydrogen) atoms. The fraction of sp³-hybridized carbons (Fsp3) is 0.462. The van der Waals surface area contributed by atoms with Gasteiger partial charge in [0.25, 0.3) is 5.91 Å². The highest BCUT2D eigenvalue weighted by atomic mass is 35.5. The first-order valence-electron chi connectivity index (χ1n) is 5.93. The molecule has 1 fully saturated rings. The summed E-state index contributed by atoms with van der Waals surface area (Å²) in [5.74, 6) is 0.0213. The number of halogens is 1. The molecule has 3 nitrogen and oxygen atoms in total. The van der Waals surface area contributed by atoms with Gasteiger partial charge < -0.3 is 10.6 Å². The first kappa shape index (κ1) is 14.0. The number of hydrogen-bond acceptors (Lipinski definition) is 2. The minimum absolute atomic E-state index is 0. The Kier molecular flexibility index (Phi) is 6.01. The lowest BCUT2D eigenvalue weighted by Gasteiger charge is -2.23. The van der Waals surface area contributed by atoms with Gasteiger partial charge in [-0.15, -0.1) is 12.4 Å². The Morgan fingerprint density at radius 2 is 2.06 bits per heavy atom. The Morgan fingerprint density at radius 1 is 1.29 bits per heavy atom. The molecule has 4 heteroatoms. The van der Waals surface area contributed by atoms with Gasteiger partial charge in [-0.1, -0.05) is 24.6 Å². The van der Waals surface area contributed by atoms with E-state index in [2.05, 4.69) is 10.6 Å². The van der Waals surface area contributed by atoms with Crippen LogP contribution in [0.2, 0.25) is 0 Å². The van der Waals surface area contributed by atoms with Gasteiger partial charge in [-0.25, -0.2) is 0 Å². The minimum atomic E-state index is 0. The highest BCUT2D eigenvalue weighted by molar-refractivity contribution is 5.94. The second kappa shape index (κ2) is 7.30. The zero-order chi connectivity index (χ0) is 11.2. The monoisotopic (exact) mass is 254 g/mol. The molecule has 1 aliphatic rings. The zero-order valence-corrected chi connectivity index (χ0v) is 10.6. The molecule has 0 bridgehead atoms. The highest BCUT2D eigenvalue weighted by Gasteiger charge is 2.13. The van der Waals surface area contributed by atoms with Crippen LogP contribution in [0.4, 0.5) is 0 Å². The predicted molar refractivity (Wildman–Crippen MR) is 71.7 cm³/mol. The molecule has 2 N–H and O–H groups in total. The smallest absolute Gasteiger partial charge is 0.251 e. The van der Waals surface area contributed by atoms with Crippen LogP contribution in [0.1, 0.15) is 29.6 Å². The van der Waals surface area contributed by atoms with Crippen LogP contribution in [-0.2, 0) is 0 Å². The van der Waals surface area contributed by atoms with Crippen molar-refractivity contribution < 1.29 is 4.79 Å². The van der Waals surface area contributed by atoms with Gasteiger partial charge in [0.1, 0.15) is 0 Å². The SMILES string of the molecule is Cl.O=C(NCC1CCCCN1)c1ccccc1. The standard InChI is InChI=1S/C13H18N2O.ClH/c16-13(11-6-2-1-3-7-11)15-10-12-8-4-5-9-14-12;/h1-3,6-7,12,14H,4-5,8-10H2,(H,15,16);1H. The van der Waals surface area contributed by atoms with Crippen LogP contribution in [-0.4, -0.2) is 25.0 Å². The Morgan fingerprint density at radius 3 is 2.71 bits per heavy atom. The normalized spacial score (nSPS) is 19.2. The molecule has 94 valence electrons. The lowest BCUT2D eigenvalue weighted by atomic mass is 10.1. The van der Waals surface area contributed by atoms with Crippen molar-refractivity contribution in [2.24, 2.45) is 0 Å². The average molecular weight is 255 g/mol. The van der Waals surface area contributed by atoms with Crippen LogP contribution in [0.5, 0.6) is 0 Å². The van der Waals surface area contributed by atoms with E-state index in [4.69, 9.17) is 0 Å². The van der Waals surface area contributed by atoms with Gasteiger partial charge in [0.2, 0.25) is 0 Å². The number of rotatable bonds is 3. The minimum Gasteiger partial charge on any atom is -0.350 e. The summed E-state index contributed by atoms with van der Waals surface area (Å²) in [5.41, 5.74) is 0.735. The molecule has 1 atom stereocenters. The fourth-order valence-corrected chi connectivity index (χ4v) is 2.01. The quantitative estimate of drug-likeness (QED) is 0.866. The summed E-state index contributed by atoms with van der Waals surface area (Å²) in [6.07, 6.45) is 3.68. The molecule has 1 heterocycles. The fourth-order valence-electron chi connectivity index (χ4n) is 2.01. The van der Waals surface area contributed by atoms with Crippen molar-refractivity contribution in [3.8, 4) is 0 Å². The molecule has 0 saturated carbocycles. The van der Waals surface area contributed by atoms with Crippen LogP contribution >= 0.6 is 12.4 Å². The van der Waals surface area contributed by atoms with Gasteiger partial charge in [0, 0.05) is 18.2 Å². The van der Waals surface area contributed by atoms with E-state index in [9.17, 15) is 4.79 Å². The Labute approximate surface area is 108 Å². The molecule has 0 aromatic heterocycles. The molecule has 1 amide bonds. The third-order valence-corrected chi connectivity index (χ3v) is 2.96. The van der Waals surface area contributed by atoms with Gasteiger partial charge in [-0.05, 0) is 31.5 Å². The van der Waals surface area contributed by atoms with E-state index < -0.39 is 0 Å². The van der Waals surface area contributed by atoms with Gasteiger partial charge in [0.15, 0.2) is 0 Å². The maximum atomic E-state index is 11.7. The van der Waals surface area contributed by atoms with Crippen molar-refractivity contribution >= 4 is 18.3 Å². The number of carbonyl (C=O) groups is 1. The maximum absolute atomic E-state index is 11.7. The Balaban J connectivity index is 0.00000144. The van der Waals surface area contributed by atoms with E-state index >= 15 is 0 Å². The Bertz CT molecular complexity index is 337. The second-order valence-corrected chi connectivity index (χ2v) is 4.22. The molecule has 1 saturated heterocycles. The molecule has 0 radical (unpaired) electrons. The lowest BCUT2D eigenvalue weighted by molar-refractivity contribution is 0.0948. The first-order valence-corrected chi connectivity index (χ1v) is 5.93. The summed E-state index contributed by atoms with van der Waals surface area (Å²) in [7, 11) is 0. The van der Waals surface area contributed by atoms with E-state index in [1.54, 1.807) is 0 Å². The largest absolute Gasteiger partial charge is 0.350 e. The maximum Gasteiger partial charge on any atom is 0.251 e. The molecule has 1 aromatic carbocycles. The molecule has 1 aliphatic heterocycles. The summed E-state index contributed by atoms with van der Waals surface area (Å²) >= 11 is 0. The summed E-state index contributed by atoms with van der Waals surface area (Å²) in [6, 6.07) is 9.80. The van der Waals surface area contributed by atoms with Crippen molar-refractivity contribution in [2.45, 2.75) is 25.3 Å². The number of amides is 1. The molecule has 1 aromatic rings. The number of carbonyl (C=O) groups excluding carboxylic acids is 1. The van der Waals surface area contributed by atoms with Crippen LogP contribution < -0.4 is 10.6 Å². The number of piperidine rings is 1. The summed E-state index contributed by atoms with van der Waals surface area (Å²) < 4.78 is 0. The third-order valence-electron chi connectivity index (χ3n) is 2.96. The van der Waals surface area contributed by atoms with Crippen LogP contribution in [0.15, 0.2) is 30.3 Å². The van der Waals surface area contributed by atoms with Crippen molar-refractivity contribution in [3.63, 3.8) is 0 Å².